The highest BCUT2D eigenvalue weighted by Crippen LogP contribution is 2.37. The number of rotatable bonds is 5. The number of aryl methyl sites for hydroxylation is 1. The van der Waals surface area contributed by atoms with Crippen molar-refractivity contribution in [3.05, 3.63) is 47.8 Å². The number of anilines is 1. The molecule has 1 aliphatic rings. The molecule has 1 aromatic heterocycles. The summed E-state index contributed by atoms with van der Waals surface area (Å²) in [5.41, 5.74) is 8.15. The lowest BCUT2D eigenvalue weighted by Gasteiger charge is -2.07. The fourth-order valence-corrected chi connectivity index (χ4v) is 3.52. The lowest BCUT2D eigenvalue weighted by molar-refractivity contribution is 0.600. The second-order valence-electron chi connectivity index (χ2n) is 5.48. The number of hydrogen-bond donors (Lipinski definition) is 2. The van der Waals surface area contributed by atoms with E-state index >= 15 is 0 Å². The Labute approximate surface area is 124 Å². The zero-order valence-electron chi connectivity index (χ0n) is 11.9. The van der Waals surface area contributed by atoms with Gasteiger partial charge in [0.15, 0.2) is 0 Å². The minimum absolute atomic E-state index is 0.274. The normalized spacial score (nSPS) is 15.1. The minimum Gasteiger partial charge on any atom is -0.346 e. The largest absolute Gasteiger partial charge is 0.346 e. The van der Waals surface area contributed by atoms with E-state index in [-0.39, 0.29) is 4.90 Å². The Morgan fingerprint density at radius 1 is 1.33 bits per heavy atom. The van der Waals surface area contributed by atoms with Gasteiger partial charge in [0.25, 0.3) is 10.0 Å². The Hall–Kier alpha value is -1.79. The van der Waals surface area contributed by atoms with Crippen molar-refractivity contribution in [2.24, 2.45) is 5.73 Å². The summed E-state index contributed by atoms with van der Waals surface area (Å²) in [6.45, 7) is 2.27. The maximum Gasteiger partial charge on any atom is 0.263 e. The number of nitrogens with one attached hydrogen (secondary N) is 1. The predicted octanol–water partition coefficient (Wildman–Crippen LogP) is 2.39. The van der Waals surface area contributed by atoms with Crippen LogP contribution in [-0.4, -0.2) is 13.0 Å². The number of hydrogen-bond acceptors (Lipinski definition) is 3. The van der Waals surface area contributed by atoms with E-state index in [2.05, 4.69) is 4.72 Å². The van der Waals surface area contributed by atoms with Crippen LogP contribution in [0.5, 0.6) is 0 Å². The second kappa shape index (κ2) is 5.20. The Morgan fingerprint density at radius 3 is 2.71 bits per heavy atom. The van der Waals surface area contributed by atoms with E-state index in [0.717, 1.165) is 24.1 Å². The first-order valence-corrected chi connectivity index (χ1v) is 8.48. The van der Waals surface area contributed by atoms with Gasteiger partial charge in [-0.1, -0.05) is 12.1 Å². The van der Waals surface area contributed by atoms with Crippen molar-refractivity contribution in [1.29, 1.82) is 0 Å². The standard InChI is InChI=1S/C15H19N3O2S/c1-11-3-2-4-12(7-11)17-21(19,20)15-8-14(9-16)18(10-15)13-5-6-13/h2-4,7-8,10,13,17H,5-6,9,16H2,1H3. The lowest BCUT2D eigenvalue weighted by atomic mass is 10.2. The van der Waals surface area contributed by atoms with E-state index in [1.807, 2.05) is 23.6 Å². The van der Waals surface area contributed by atoms with Crippen LogP contribution in [0.2, 0.25) is 0 Å². The van der Waals surface area contributed by atoms with Gasteiger partial charge >= 0.3 is 0 Å². The minimum atomic E-state index is -3.57. The van der Waals surface area contributed by atoms with Gasteiger partial charge in [-0.2, -0.15) is 0 Å². The molecule has 0 radical (unpaired) electrons. The third kappa shape index (κ3) is 2.96. The molecule has 21 heavy (non-hydrogen) atoms. The van der Waals surface area contributed by atoms with Crippen LogP contribution < -0.4 is 10.5 Å². The molecule has 0 saturated heterocycles. The van der Waals surface area contributed by atoms with Crippen molar-refractivity contribution in [2.75, 3.05) is 4.72 Å². The van der Waals surface area contributed by atoms with Crippen molar-refractivity contribution in [2.45, 2.75) is 37.2 Å². The van der Waals surface area contributed by atoms with Crippen molar-refractivity contribution >= 4 is 15.7 Å². The van der Waals surface area contributed by atoms with Crippen molar-refractivity contribution in [3.8, 4) is 0 Å². The van der Waals surface area contributed by atoms with Crippen LogP contribution in [0.3, 0.4) is 0 Å². The monoisotopic (exact) mass is 305 g/mol. The smallest absolute Gasteiger partial charge is 0.263 e. The number of benzene rings is 1. The molecule has 5 nitrogen and oxygen atoms in total. The summed E-state index contributed by atoms with van der Waals surface area (Å²) >= 11 is 0. The summed E-state index contributed by atoms with van der Waals surface area (Å²) in [4.78, 5) is 0.274. The SMILES string of the molecule is Cc1cccc(NS(=O)(=O)c2cc(CN)n(C3CC3)c2)c1. The molecule has 2 aromatic rings. The molecule has 1 aliphatic carbocycles. The molecule has 1 aromatic carbocycles. The van der Waals surface area contributed by atoms with Crippen LogP contribution in [-0.2, 0) is 16.6 Å². The van der Waals surface area contributed by atoms with E-state index in [9.17, 15) is 8.42 Å². The van der Waals surface area contributed by atoms with E-state index in [1.165, 1.54) is 0 Å². The molecule has 3 N–H and O–H groups in total. The summed E-state index contributed by atoms with van der Waals surface area (Å²) in [5, 5.41) is 0. The van der Waals surface area contributed by atoms with Crippen molar-refractivity contribution in [3.63, 3.8) is 0 Å². The highest BCUT2D eigenvalue weighted by molar-refractivity contribution is 7.92. The first-order chi connectivity index (χ1) is 9.99. The third-order valence-corrected chi connectivity index (χ3v) is 4.99. The number of nitrogens with zero attached hydrogens (tertiary/aromatic N) is 1. The topological polar surface area (TPSA) is 77.1 Å². The summed E-state index contributed by atoms with van der Waals surface area (Å²) < 4.78 is 29.6. The van der Waals surface area contributed by atoms with Crippen molar-refractivity contribution < 1.29 is 8.42 Å². The fourth-order valence-electron chi connectivity index (χ4n) is 2.42. The molecule has 0 atom stereocenters. The maximum absolute atomic E-state index is 12.5. The molecule has 6 heteroatoms. The third-order valence-electron chi connectivity index (χ3n) is 3.64. The molecule has 1 fully saturated rings. The Balaban J connectivity index is 1.91. The van der Waals surface area contributed by atoms with Gasteiger partial charge in [-0.3, -0.25) is 4.72 Å². The summed E-state index contributed by atoms with van der Waals surface area (Å²) in [5.74, 6) is 0. The van der Waals surface area contributed by atoms with Crippen molar-refractivity contribution in [1.82, 2.24) is 4.57 Å². The molecular weight excluding hydrogens is 286 g/mol. The molecule has 0 unspecified atom stereocenters. The van der Waals surface area contributed by atoms with Gasteiger partial charge < -0.3 is 10.3 Å². The summed E-state index contributed by atoms with van der Waals surface area (Å²) in [6.07, 6.45) is 3.87. The molecular formula is C15H19N3O2S. The van der Waals surface area contributed by atoms with Crippen LogP contribution in [0.1, 0.15) is 30.1 Å². The second-order valence-corrected chi connectivity index (χ2v) is 7.17. The van der Waals surface area contributed by atoms with E-state index < -0.39 is 10.0 Å². The van der Waals surface area contributed by atoms with Gasteiger partial charge in [0, 0.05) is 30.2 Å². The highest BCUT2D eigenvalue weighted by atomic mass is 32.2. The Morgan fingerprint density at radius 2 is 2.10 bits per heavy atom. The van der Waals surface area contributed by atoms with Crippen LogP contribution >= 0.6 is 0 Å². The summed E-state index contributed by atoms with van der Waals surface area (Å²) in [7, 11) is -3.57. The molecule has 0 spiro atoms. The van der Waals surface area contributed by atoms with Gasteiger partial charge in [-0.25, -0.2) is 8.42 Å². The lowest BCUT2D eigenvalue weighted by Crippen LogP contribution is -2.12. The van der Waals surface area contributed by atoms with Crippen LogP contribution in [0.4, 0.5) is 5.69 Å². The molecule has 1 saturated carbocycles. The number of aromatic nitrogens is 1. The molecule has 1 heterocycles. The average molecular weight is 305 g/mol. The zero-order chi connectivity index (χ0) is 15.0. The van der Waals surface area contributed by atoms with Gasteiger partial charge in [-0.15, -0.1) is 0 Å². The first-order valence-electron chi connectivity index (χ1n) is 7.00. The Bertz CT molecular complexity index is 761. The number of nitrogens with two attached hydrogens (primary N) is 1. The average Bonchev–Trinajstić information content (AvgIpc) is 3.16. The quantitative estimate of drug-likeness (QED) is 0.890. The van der Waals surface area contributed by atoms with E-state index in [0.29, 0.717) is 18.3 Å². The van der Waals surface area contributed by atoms with Gasteiger partial charge in [0.05, 0.1) is 0 Å². The van der Waals surface area contributed by atoms with Crippen LogP contribution in [0.15, 0.2) is 41.4 Å². The van der Waals surface area contributed by atoms with E-state index in [4.69, 9.17) is 5.73 Å². The summed E-state index contributed by atoms with van der Waals surface area (Å²) in [6, 6.07) is 9.37. The molecule has 0 amide bonds. The van der Waals surface area contributed by atoms with Gasteiger partial charge in [-0.05, 0) is 43.5 Å². The highest BCUT2D eigenvalue weighted by Gasteiger charge is 2.27. The Kier molecular flexibility index (Phi) is 3.51. The first kappa shape index (κ1) is 14.2. The zero-order valence-corrected chi connectivity index (χ0v) is 12.7. The molecule has 3 rings (SSSR count). The predicted molar refractivity (Wildman–Crippen MR) is 82.6 cm³/mol. The van der Waals surface area contributed by atoms with E-state index in [1.54, 1.807) is 24.4 Å². The van der Waals surface area contributed by atoms with Gasteiger partial charge in [0.1, 0.15) is 4.90 Å². The molecule has 112 valence electrons. The van der Waals surface area contributed by atoms with Crippen LogP contribution in [0, 0.1) is 6.92 Å². The maximum atomic E-state index is 12.5. The fraction of sp³-hybridized carbons (Fsp3) is 0.333. The molecule has 0 bridgehead atoms. The molecule has 0 aliphatic heterocycles. The van der Waals surface area contributed by atoms with Gasteiger partial charge in [0.2, 0.25) is 0 Å². The number of sulfonamides is 1. The van der Waals surface area contributed by atoms with Crippen LogP contribution in [0.25, 0.3) is 0 Å².